The highest BCUT2D eigenvalue weighted by molar-refractivity contribution is 5.94. The van der Waals surface area contributed by atoms with Gasteiger partial charge in [0, 0.05) is 18.8 Å². The van der Waals surface area contributed by atoms with Gasteiger partial charge in [-0.15, -0.1) is 0 Å². The molecule has 0 saturated heterocycles. The molecule has 4 N–H and O–H groups in total. The van der Waals surface area contributed by atoms with E-state index in [9.17, 15) is 9.18 Å². The van der Waals surface area contributed by atoms with Gasteiger partial charge in [-0.2, -0.15) is 0 Å². The number of hydrogen-bond donors (Lipinski definition) is 3. The smallest absolute Gasteiger partial charge is 0.254 e. The number of nitrogens with one attached hydrogen (secondary N) is 1. The Morgan fingerprint density at radius 2 is 2.17 bits per heavy atom. The van der Waals surface area contributed by atoms with E-state index in [1.54, 1.807) is 0 Å². The van der Waals surface area contributed by atoms with Crippen molar-refractivity contribution in [2.45, 2.75) is 20.3 Å². The summed E-state index contributed by atoms with van der Waals surface area (Å²) in [5.41, 5.74) is 5.44. The number of benzene rings is 1. The van der Waals surface area contributed by atoms with Crippen LogP contribution >= 0.6 is 0 Å². The summed E-state index contributed by atoms with van der Waals surface area (Å²) in [4.78, 5) is 11.8. The third-order valence-corrected chi connectivity index (χ3v) is 2.75. The Morgan fingerprint density at radius 1 is 1.50 bits per heavy atom. The van der Waals surface area contributed by atoms with Crippen LogP contribution in [0.3, 0.4) is 0 Å². The first-order valence-corrected chi connectivity index (χ1v) is 5.80. The van der Waals surface area contributed by atoms with Crippen molar-refractivity contribution in [3.8, 4) is 0 Å². The molecule has 0 aliphatic rings. The first-order chi connectivity index (χ1) is 8.35. The number of hydrogen-bond acceptors (Lipinski definition) is 3. The molecule has 1 aromatic carbocycles. The molecule has 0 heterocycles. The fourth-order valence-corrected chi connectivity index (χ4v) is 1.52. The summed E-state index contributed by atoms with van der Waals surface area (Å²) in [6.45, 7) is 4.26. The Morgan fingerprint density at radius 3 is 2.72 bits per heavy atom. The van der Waals surface area contributed by atoms with E-state index in [4.69, 9.17) is 10.8 Å². The number of carbonyl (C=O) groups is 1. The number of amides is 1. The van der Waals surface area contributed by atoms with Gasteiger partial charge in [0.1, 0.15) is 5.82 Å². The van der Waals surface area contributed by atoms with Crippen LogP contribution in [0.4, 0.5) is 10.1 Å². The summed E-state index contributed by atoms with van der Waals surface area (Å²) in [5, 5.41) is 11.5. The van der Waals surface area contributed by atoms with E-state index >= 15 is 0 Å². The number of carbonyl (C=O) groups excluding carboxylic acids is 1. The topological polar surface area (TPSA) is 75.3 Å². The first-order valence-electron chi connectivity index (χ1n) is 5.80. The van der Waals surface area contributed by atoms with E-state index in [0.29, 0.717) is 13.0 Å². The molecule has 0 spiro atoms. The summed E-state index contributed by atoms with van der Waals surface area (Å²) in [7, 11) is 0. The average molecular weight is 254 g/mol. The number of aliphatic hydroxyl groups is 1. The van der Waals surface area contributed by atoms with E-state index in [0.717, 1.165) is 6.07 Å². The maximum atomic E-state index is 13.5. The van der Waals surface area contributed by atoms with Gasteiger partial charge in [0.25, 0.3) is 5.91 Å². The van der Waals surface area contributed by atoms with Gasteiger partial charge in [0.15, 0.2) is 0 Å². The van der Waals surface area contributed by atoms with Gasteiger partial charge < -0.3 is 16.2 Å². The largest absolute Gasteiger partial charge is 0.399 e. The molecule has 0 atom stereocenters. The van der Waals surface area contributed by atoms with E-state index < -0.39 is 11.7 Å². The summed E-state index contributed by atoms with van der Waals surface area (Å²) in [6, 6.07) is 3.96. The van der Waals surface area contributed by atoms with E-state index in [-0.39, 0.29) is 23.3 Å². The van der Waals surface area contributed by atoms with Crippen LogP contribution in [0.5, 0.6) is 0 Å². The number of anilines is 1. The molecule has 0 aromatic heterocycles. The maximum absolute atomic E-state index is 13.5. The van der Waals surface area contributed by atoms with Crippen LogP contribution < -0.4 is 11.1 Å². The van der Waals surface area contributed by atoms with Crippen LogP contribution in [0.1, 0.15) is 30.6 Å². The standard InChI is InChI=1S/C13H19FN2O2/c1-13(2,5-6-17)8-16-12(18)10-4-3-9(15)7-11(10)14/h3-4,7,17H,5-6,8,15H2,1-2H3,(H,16,18). The summed E-state index contributed by atoms with van der Waals surface area (Å²) in [6.07, 6.45) is 0.567. The second-order valence-electron chi connectivity index (χ2n) is 5.06. The minimum absolute atomic E-state index is 0.0241. The fraction of sp³-hybridized carbons (Fsp3) is 0.462. The van der Waals surface area contributed by atoms with Gasteiger partial charge in [-0.1, -0.05) is 13.8 Å². The number of rotatable bonds is 5. The maximum Gasteiger partial charge on any atom is 0.254 e. The Kier molecular flexibility index (Phi) is 4.67. The molecule has 0 aliphatic heterocycles. The zero-order chi connectivity index (χ0) is 13.8. The highest BCUT2D eigenvalue weighted by Crippen LogP contribution is 2.18. The van der Waals surface area contributed by atoms with Gasteiger partial charge >= 0.3 is 0 Å². The second-order valence-corrected chi connectivity index (χ2v) is 5.06. The Balaban J connectivity index is 2.66. The lowest BCUT2D eigenvalue weighted by Crippen LogP contribution is -2.34. The Bertz CT molecular complexity index is 433. The van der Waals surface area contributed by atoms with Crippen molar-refractivity contribution in [1.29, 1.82) is 0 Å². The van der Waals surface area contributed by atoms with Gasteiger partial charge in [0.05, 0.1) is 5.56 Å². The molecule has 0 radical (unpaired) electrons. The van der Waals surface area contributed by atoms with Crippen LogP contribution in [0.2, 0.25) is 0 Å². The fourth-order valence-electron chi connectivity index (χ4n) is 1.52. The van der Waals surface area contributed by atoms with Crippen molar-refractivity contribution in [3.63, 3.8) is 0 Å². The van der Waals surface area contributed by atoms with Crippen molar-refractivity contribution >= 4 is 11.6 Å². The lowest BCUT2D eigenvalue weighted by molar-refractivity contribution is 0.0924. The van der Waals surface area contributed by atoms with Crippen molar-refractivity contribution in [2.75, 3.05) is 18.9 Å². The Hall–Kier alpha value is -1.62. The number of nitrogens with two attached hydrogens (primary N) is 1. The number of aliphatic hydroxyl groups excluding tert-OH is 1. The van der Waals surface area contributed by atoms with Crippen LogP contribution in [0.15, 0.2) is 18.2 Å². The molecule has 4 nitrogen and oxygen atoms in total. The summed E-state index contributed by atoms with van der Waals surface area (Å²) in [5.74, 6) is -1.11. The quantitative estimate of drug-likeness (QED) is 0.698. The predicted octanol–water partition coefficient (Wildman–Crippen LogP) is 1.55. The number of nitrogen functional groups attached to an aromatic ring is 1. The third-order valence-electron chi connectivity index (χ3n) is 2.75. The lowest BCUT2D eigenvalue weighted by atomic mass is 9.89. The monoisotopic (exact) mass is 254 g/mol. The van der Waals surface area contributed by atoms with Crippen LogP contribution in [0.25, 0.3) is 0 Å². The highest BCUT2D eigenvalue weighted by Gasteiger charge is 2.19. The van der Waals surface area contributed by atoms with Crippen LogP contribution in [0, 0.1) is 11.2 Å². The van der Waals surface area contributed by atoms with E-state index in [1.807, 2.05) is 13.8 Å². The molecule has 0 unspecified atom stereocenters. The zero-order valence-electron chi connectivity index (χ0n) is 10.7. The molecule has 1 amide bonds. The summed E-state index contributed by atoms with van der Waals surface area (Å²) < 4.78 is 13.5. The average Bonchev–Trinajstić information content (AvgIpc) is 2.26. The van der Waals surface area contributed by atoms with Crippen molar-refractivity contribution in [1.82, 2.24) is 5.32 Å². The summed E-state index contributed by atoms with van der Waals surface area (Å²) >= 11 is 0. The SMILES string of the molecule is CC(C)(CCO)CNC(=O)c1ccc(N)cc1F. The molecule has 0 fully saturated rings. The molecule has 0 aliphatic carbocycles. The highest BCUT2D eigenvalue weighted by atomic mass is 19.1. The normalized spacial score (nSPS) is 11.3. The molecule has 0 bridgehead atoms. The number of halogens is 1. The van der Waals surface area contributed by atoms with Crippen molar-refractivity contribution in [3.05, 3.63) is 29.6 Å². The lowest BCUT2D eigenvalue weighted by Gasteiger charge is -2.23. The molecule has 100 valence electrons. The molecule has 5 heteroatoms. The van der Waals surface area contributed by atoms with Crippen LogP contribution in [-0.2, 0) is 0 Å². The molecule has 1 rings (SSSR count). The molecular weight excluding hydrogens is 235 g/mol. The zero-order valence-corrected chi connectivity index (χ0v) is 10.7. The Labute approximate surface area is 106 Å². The second kappa shape index (κ2) is 5.82. The predicted molar refractivity (Wildman–Crippen MR) is 68.6 cm³/mol. The molecule has 0 saturated carbocycles. The van der Waals surface area contributed by atoms with Crippen LogP contribution in [-0.4, -0.2) is 24.2 Å². The molecule has 18 heavy (non-hydrogen) atoms. The molecule has 1 aromatic rings. The van der Waals surface area contributed by atoms with Crippen molar-refractivity contribution < 1.29 is 14.3 Å². The minimum Gasteiger partial charge on any atom is -0.399 e. The van der Waals surface area contributed by atoms with Gasteiger partial charge in [-0.3, -0.25) is 4.79 Å². The minimum atomic E-state index is -0.632. The van der Waals surface area contributed by atoms with Gasteiger partial charge in [0.2, 0.25) is 0 Å². The van der Waals surface area contributed by atoms with Crippen molar-refractivity contribution in [2.24, 2.45) is 5.41 Å². The van der Waals surface area contributed by atoms with Gasteiger partial charge in [-0.05, 0) is 30.0 Å². The van der Waals surface area contributed by atoms with E-state index in [1.165, 1.54) is 12.1 Å². The first kappa shape index (κ1) is 14.4. The van der Waals surface area contributed by atoms with Gasteiger partial charge in [-0.25, -0.2) is 4.39 Å². The third kappa shape index (κ3) is 4.00. The molecular formula is C13H19FN2O2. The van der Waals surface area contributed by atoms with E-state index in [2.05, 4.69) is 5.32 Å².